The third-order valence-electron chi connectivity index (χ3n) is 4.21. The van der Waals surface area contributed by atoms with Crippen molar-refractivity contribution in [1.29, 1.82) is 0 Å². The highest BCUT2D eigenvalue weighted by atomic mass is 16.3. The van der Waals surface area contributed by atoms with E-state index in [-0.39, 0.29) is 16.6 Å². The number of aryl methyl sites for hydroxylation is 1. The molecule has 1 N–H and O–H groups in total. The molecule has 0 aliphatic heterocycles. The second-order valence-electron chi connectivity index (χ2n) is 8.59. The molecule has 0 amide bonds. The third-order valence-corrected chi connectivity index (χ3v) is 4.21. The van der Waals surface area contributed by atoms with Crippen molar-refractivity contribution >= 4 is 5.82 Å². The van der Waals surface area contributed by atoms with E-state index in [1.807, 2.05) is 31.3 Å². The summed E-state index contributed by atoms with van der Waals surface area (Å²) < 4.78 is 0. The monoisotopic (exact) mass is 325 g/mol. The van der Waals surface area contributed by atoms with Crippen molar-refractivity contribution in [2.45, 2.75) is 65.8 Å². The van der Waals surface area contributed by atoms with Crippen LogP contribution in [0.25, 0.3) is 0 Å². The zero-order valence-corrected chi connectivity index (χ0v) is 15.9. The summed E-state index contributed by atoms with van der Waals surface area (Å²) in [5.74, 6) is 0.925. The molecule has 1 heterocycles. The number of aromatic nitrogens is 1. The van der Waals surface area contributed by atoms with Gasteiger partial charge in [-0.1, -0.05) is 59.7 Å². The lowest BCUT2D eigenvalue weighted by Gasteiger charge is -2.32. The normalized spacial score (nSPS) is 12.3. The number of rotatable bonds is 3. The quantitative estimate of drug-likeness (QED) is 0.892. The minimum absolute atomic E-state index is 0.00452. The van der Waals surface area contributed by atoms with Crippen molar-refractivity contribution in [2.24, 2.45) is 0 Å². The van der Waals surface area contributed by atoms with Gasteiger partial charge in [-0.25, -0.2) is 4.98 Å². The Morgan fingerprint density at radius 1 is 1.00 bits per heavy atom. The molecule has 0 aliphatic rings. The van der Waals surface area contributed by atoms with Gasteiger partial charge in [0.1, 0.15) is 5.82 Å². The molecule has 2 aromatic rings. The van der Waals surface area contributed by atoms with Gasteiger partial charge in [0.05, 0.1) is 0 Å². The second-order valence-corrected chi connectivity index (χ2v) is 8.59. The van der Waals surface area contributed by atoms with Crippen molar-refractivity contribution < 1.29 is 5.11 Å². The predicted octanol–water partition coefficient (Wildman–Crippen LogP) is 4.67. The van der Waals surface area contributed by atoms with Crippen LogP contribution in [0.2, 0.25) is 0 Å². The van der Waals surface area contributed by atoms with E-state index in [0.717, 1.165) is 22.5 Å². The summed E-state index contributed by atoms with van der Waals surface area (Å²) in [7, 11) is 0. The Kier molecular flexibility index (Phi) is 4.93. The van der Waals surface area contributed by atoms with Gasteiger partial charge in [0.2, 0.25) is 0 Å². The molecular weight excluding hydrogens is 296 g/mol. The van der Waals surface area contributed by atoms with E-state index in [4.69, 9.17) is 0 Å². The Morgan fingerprint density at radius 3 is 2.17 bits per heavy atom. The maximum absolute atomic E-state index is 12.9. The first-order chi connectivity index (χ1) is 11.0. The molecular formula is C21H29N2O-. The number of hydrogen-bond acceptors (Lipinski definition) is 3. The minimum atomic E-state index is -0.171. The fraction of sp³-hybridized carbons (Fsp3) is 0.476. The lowest BCUT2D eigenvalue weighted by molar-refractivity contribution is -0.271. The van der Waals surface area contributed by atoms with Crippen LogP contribution in [0.15, 0.2) is 30.5 Å². The van der Waals surface area contributed by atoms with Gasteiger partial charge < -0.3 is 10.4 Å². The standard InChI is InChI=1S/C21H30N2O/c1-14-8-9-18(22-12-14)23-13-15-10-16(20(2,3)4)11-17(19(15)24)21(5,6)7/h8-12,24H,13H2,1-7H3,(H,22,23)/p-1. The summed E-state index contributed by atoms with van der Waals surface area (Å²) in [5.41, 5.74) is 3.83. The Morgan fingerprint density at radius 2 is 1.67 bits per heavy atom. The molecule has 1 aromatic carbocycles. The Bertz CT molecular complexity index is 704. The Labute approximate surface area is 146 Å². The third kappa shape index (κ3) is 4.28. The van der Waals surface area contributed by atoms with Crippen molar-refractivity contribution in [3.63, 3.8) is 0 Å². The van der Waals surface area contributed by atoms with Crippen LogP contribution < -0.4 is 10.4 Å². The molecule has 0 spiro atoms. The maximum atomic E-state index is 12.9. The molecule has 0 radical (unpaired) electrons. The van der Waals surface area contributed by atoms with Crippen molar-refractivity contribution in [3.8, 4) is 5.75 Å². The lowest BCUT2D eigenvalue weighted by Crippen LogP contribution is -2.20. The van der Waals surface area contributed by atoms with E-state index in [1.54, 1.807) is 0 Å². The summed E-state index contributed by atoms with van der Waals surface area (Å²) in [6.07, 6.45) is 1.83. The van der Waals surface area contributed by atoms with Gasteiger partial charge in [0.25, 0.3) is 0 Å². The molecule has 0 aliphatic carbocycles. The van der Waals surface area contributed by atoms with Gasteiger partial charge in [-0.3, -0.25) is 0 Å². The number of benzene rings is 1. The summed E-state index contributed by atoms with van der Waals surface area (Å²) in [6, 6.07) is 8.08. The van der Waals surface area contributed by atoms with E-state index in [1.165, 1.54) is 5.56 Å². The largest absolute Gasteiger partial charge is 0.872 e. The highest BCUT2D eigenvalue weighted by Gasteiger charge is 2.21. The molecule has 0 bridgehead atoms. The Hall–Kier alpha value is -2.03. The van der Waals surface area contributed by atoms with Gasteiger partial charge in [-0.05, 0) is 46.1 Å². The molecule has 0 saturated heterocycles. The van der Waals surface area contributed by atoms with Gasteiger partial charge in [-0.2, -0.15) is 0 Å². The van der Waals surface area contributed by atoms with Gasteiger partial charge >= 0.3 is 0 Å². The van der Waals surface area contributed by atoms with E-state index >= 15 is 0 Å². The van der Waals surface area contributed by atoms with Crippen molar-refractivity contribution in [3.05, 3.63) is 52.7 Å². The van der Waals surface area contributed by atoms with Gasteiger partial charge in [0, 0.05) is 12.7 Å². The van der Waals surface area contributed by atoms with Crippen LogP contribution in [0, 0.1) is 6.92 Å². The fourth-order valence-electron chi connectivity index (χ4n) is 2.57. The molecule has 130 valence electrons. The predicted molar refractivity (Wildman–Crippen MR) is 99.6 cm³/mol. The zero-order chi connectivity index (χ0) is 18.1. The number of hydrogen-bond donors (Lipinski definition) is 1. The van der Waals surface area contributed by atoms with Crippen LogP contribution in [0.5, 0.6) is 5.75 Å². The van der Waals surface area contributed by atoms with Crippen LogP contribution in [0.3, 0.4) is 0 Å². The maximum Gasteiger partial charge on any atom is 0.126 e. The number of nitrogens with one attached hydrogen (secondary N) is 1. The number of pyridine rings is 1. The highest BCUT2D eigenvalue weighted by Crippen LogP contribution is 2.36. The highest BCUT2D eigenvalue weighted by molar-refractivity contribution is 5.49. The van der Waals surface area contributed by atoms with E-state index in [9.17, 15) is 5.11 Å². The van der Waals surface area contributed by atoms with E-state index < -0.39 is 0 Å². The first-order valence-electron chi connectivity index (χ1n) is 8.50. The van der Waals surface area contributed by atoms with Crippen LogP contribution in [0.1, 0.15) is 63.8 Å². The van der Waals surface area contributed by atoms with Crippen LogP contribution in [-0.2, 0) is 17.4 Å². The molecule has 0 unspecified atom stereocenters. The van der Waals surface area contributed by atoms with Crippen molar-refractivity contribution in [1.82, 2.24) is 4.98 Å². The number of anilines is 1. The lowest BCUT2D eigenvalue weighted by atomic mass is 9.79. The number of nitrogens with zero attached hydrogens (tertiary/aromatic N) is 1. The summed E-state index contributed by atoms with van der Waals surface area (Å²) in [4.78, 5) is 4.35. The summed E-state index contributed by atoms with van der Waals surface area (Å²) in [6.45, 7) is 15.3. The summed E-state index contributed by atoms with van der Waals surface area (Å²) >= 11 is 0. The molecule has 0 fully saturated rings. The van der Waals surface area contributed by atoms with Crippen LogP contribution in [0.4, 0.5) is 5.82 Å². The molecule has 2 rings (SSSR count). The second kappa shape index (κ2) is 6.46. The van der Waals surface area contributed by atoms with Crippen molar-refractivity contribution in [2.75, 3.05) is 5.32 Å². The zero-order valence-electron chi connectivity index (χ0n) is 15.9. The first kappa shape index (κ1) is 18.3. The molecule has 0 atom stereocenters. The van der Waals surface area contributed by atoms with E-state index in [2.05, 4.69) is 57.9 Å². The van der Waals surface area contributed by atoms with Crippen LogP contribution >= 0.6 is 0 Å². The average Bonchev–Trinajstić information content (AvgIpc) is 2.45. The molecule has 0 saturated carbocycles. The fourth-order valence-corrected chi connectivity index (χ4v) is 2.57. The van der Waals surface area contributed by atoms with Crippen LogP contribution in [-0.4, -0.2) is 4.98 Å². The smallest absolute Gasteiger partial charge is 0.126 e. The van der Waals surface area contributed by atoms with E-state index in [0.29, 0.717) is 6.54 Å². The van der Waals surface area contributed by atoms with Gasteiger partial charge in [0.15, 0.2) is 0 Å². The topological polar surface area (TPSA) is 48.0 Å². The molecule has 1 aromatic heterocycles. The van der Waals surface area contributed by atoms with Gasteiger partial charge in [-0.15, -0.1) is 5.75 Å². The molecule has 3 heteroatoms. The Balaban J connectivity index is 2.39. The summed E-state index contributed by atoms with van der Waals surface area (Å²) in [5, 5.41) is 16.2. The average molecular weight is 325 g/mol. The minimum Gasteiger partial charge on any atom is -0.872 e. The SMILES string of the molecule is Cc1ccc(NCc2cc(C(C)(C)C)cc(C(C)(C)C)c2[O-])nc1. The molecule has 24 heavy (non-hydrogen) atoms. The first-order valence-corrected chi connectivity index (χ1v) is 8.50. The molecule has 3 nitrogen and oxygen atoms in total.